The number of benzene rings is 2. The second-order valence-electron chi connectivity index (χ2n) is 9.99. The lowest BCUT2D eigenvalue weighted by molar-refractivity contribution is 0.461. The van der Waals surface area contributed by atoms with Crippen LogP contribution in [0, 0.1) is 12.8 Å². The average molecular weight is 496 g/mol. The molecule has 1 N–H and O–H groups in total. The van der Waals surface area contributed by atoms with Crippen LogP contribution in [0.2, 0.25) is 5.02 Å². The van der Waals surface area contributed by atoms with Crippen LogP contribution in [0.1, 0.15) is 48.5 Å². The van der Waals surface area contributed by atoms with E-state index in [2.05, 4.69) is 63.3 Å². The minimum absolute atomic E-state index is 0.536. The van der Waals surface area contributed by atoms with Gasteiger partial charge in [-0.2, -0.15) is 0 Å². The molecule has 2 aromatic carbocycles. The van der Waals surface area contributed by atoms with Crippen molar-refractivity contribution in [2.75, 3.05) is 5.32 Å². The number of anilines is 1. The summed E-state index contributed by atoms with van der Waals surface area (Å²) in [6, 6.07) is 21.5. The molecule has 182 valence electrons. The molecule has 1 saturated carbocycles. The Labute approximate surface area is 216 Å². The van der Waals surface area contributed by atoms with Crippen LogP contribution in [0.25, 0.3) is 21.9 Å². The predicted octanol–water partition coefficient (Wildman–Crippen LogP) is 7.53. The number of pyridine rings is 1. The summed E-state index contributed by atoms with van der Waals surface area (Å²) in [5, 5.41) is 6.54. The molecule has 36 heavy (non-hydrogen) atoms. The van der Waals surface area contributed by atoms with Gasteiger partial charge in [-0.1, -0.05) is 35.9 Å². The molecule has 0 spiro atoms. The van der Waals surface area contributed by atoms with E-state index in [1.165, 1.54) is 47.6 Å². The van der Waals surface area contributed by atoms with Crippen LogP contribution in [0.15, 0.2) is 73.2 Å². The molecule has 2 unspecified atom stereocenters. The molecule has 2 atom stereocenters. The summed E-state index contributed by atoms with van der Waals surface area (Å²) in [5.74, 6) is 1.64. The van der Waals surface area contributed by atoms with E-state index in [0.717, 1.165) is 46.6 Å². The average Bonchev–Trinajstić information content (AvgIpc) is 3.55. The van der Waals surface area contributed by atoms with Gasteiger partial charge in [0.1, 0.15) is 17.8 Å². The first-order valence-corrected chi connectivity index (χ1v) is 13.2. The highest BCUT2D eigenvalue weighted by Gasteiger charge is 2.26. The highest BCUT2D eigenvalue weighted by atomic mass is 35.5. The zero-order chi connectivity index (χ0) is 24.5. The molecule has 5 nitrogen and oxygen atoms in total. The van der Waals surface area contributed by atoms with Crippen LogP contribution in [0.5, 0.6) is 0 Å². The van der Waals surface area contributed by atoms with Gasteiger partial charge in [0, 0.05) is 34.6 Å². The Bertz CT molecular complexity index is 1510. The number of fused-ring (bicyclic) bond motifs is 2. The number of halogens is 1. The summed E-state index contributed by atoms with van der Waals surface area (Å²) >= 11 is 5.99. The largest absolute Gasteiger partial charge is 0.366 e. The first kappa shape index (κ1) is 23.0. The van der Waals surface area contributed by atoms with E-state index in [1.54, 1.807) is 6.33 Å². The van der Waals surface area contributed by atoms with Gasteiger partial charge in [-0.25, -0.2) is 15.0 Å². The van der Waals surface area contributed by atoms with Crippen molar-refractivity contribution in [3.05, 3.63) is 95.0 Å². The summed E-state index contributed by atoms with van der Waals surface area (Å²) in [4.78, 5) is 13.8. The Kier molecular flexibility index (Phi) is 6.32. The van der Waals surface area contributed by atoms with Gasteiger partial charge in [-0.3, -0.25) is 0 Å². The molecule has 3 heterocycles. The van der Waals surface area contributed by atoms with Gasteiger partial charge in [-0.15, -0.1) is 0 Å². The van der Waals surface area contributed by atoms with Gasteiger partial charge in [-0.05, 0) is 92.5 Å². The number of aryl methyl sites for hydroxylation is 2. The Morgan fingerprint density at radius 3 is 2.69 bits per heavy atom. The van der Waals surface area contributed by atoms with E-state index >= 15 is 0 Å². The van der Waals surface area contributed by atoms with E-state index in [9.17, 15) is 0 Å². The molecule has 1 aliphatic carbocycles. The van der Waals surface area contributed by atoms with Crippen LogP contribution < -0.4 is 5.32 Å². The summed E-state index contributed by atoms with van der Waals surface area (Å²) in [6.07, 6.45) is 9.91. The van der Waals surface area contributed by atoms with Gasteiger partial charge in [0.2, 0.25) is 0 Å². The van der Waals surface area contributed by atoms with Crippen LogP contribution in [0.3, 0.4) is 0 Å². The quantitative estimate of drug-likeness (QED) is 0.253. The van der Waals surface area contributed by atoms with Crippen LogP contribution >= 0.6 is 11.6 Å². The van der Waals surface area contributed by atoms with Crippen molar-refractivity contribution in [3.8, 4) is 0 Å². The molecule has 0 amide bonds. The SMILES string of the molecule is Cc1ncnc2c1ccn2C1CCC(CCc2ccc3ccc(NCc4ccc(Cl)cc4)nc3c2)C1. The van der Waals surface area contributed by atoms with Gasteiger partial charge in [0.05, 0.1) is 11.2 Å². The molecule has 0 bridgehead atoms. The molecule has 1 fully saturated rings. The van der Waals surface area contributed by atoms with Gasteiger partial charge >= 0.3 is 0 Å². The number of hydrogen-bond acceptors (Lipinski definition) is 4. The molecule has 0 aliphatic heterocycles. The molecule has 0 saturated heterocycles. The molecule has 5 aromatic rings. The first-order valence-electron chi connectivity index (χ1n) is 12.8. The zero-order valence-corrected chi connectivity index (χ0v) is 21.2. The summed E-state index contributed by atoms with van der Waals surface area (Å²) in [5.41, 5.74) is 5.73. The molecule has 6 rings (SSSR count). The van der Waals surface area contributed by atoms with Gasteiger partial charge in [0.15, 0.2) is 0 Å². The topological polar surface area (TPSA) is 55.6 Å². The molecule has 6 heteroatoms. The summed E-state index contributed by atoms with van der Waals surface area (Å²) in [7, 11) is 0. The number of rotatable bonds is 7. The maximum atomic E-state index is 5.99. The summed E-state index contributed by atoms with van der Waals surface area (Å²) in [6.45, 7) is 2.78. The smallest absolute Gasteiger partial charge is 0.143 e. The highest BCUT2D eigenvalue weighted by Crippen LogP contribution is 2.38. The molecule has 0 radical (unpaired) electrons. The number of hydrogen-bond donors (Lipinski definition) is 1. The first-order chi connectivity index (χ1) is 17.6. The van der Waals surface area contributed by atoms with Gasteiger partial charge in [0.25, 0.3) is 0 Å². The van der Waals surface area contributed by atoms with Crippen molar-refractivity contribution in [2.45, 2.75) is 51.6 Å². The van der Waals surface area contributed by atoms with Crippen molar-refractivity contribution in [1.29, 1.82) is 0 Å². The maximum absolute atomic E-state index is 5.99. The van der Waals surface area contributed by atoms with Crippen LogP contribution in [-0.2, 0) is 13.0 Å². The third kappa shape index (κ3) is 4.80. The van der Waals surface area contributed by atoms with Gasteiger partial charge < -0.3 is 9.88 Å². The normalized spacial score (nSPS) is 17.7. The fraction of sp³-hybridized carbons (Fsp3) is 0.300. The van der Waals surface area contributed by atoms with Crippen molar-refractivity contribution in [1.82, 2.24) is 19.5 Å². The van der Waals surface area contributed by atoms with Crippen LogP contribution in [-0.4, -0.2) is 19.5 Å². The second kappa shape index (κ2) is 9.90. The van der Waals surface area contributed by atoms with E-state index < -0.39 is 0 Å². The number of aromatic nitrogens is 4. The Hall–Kier alpha value is -3.44. The Balaban J connectivity index is 1.09. The van der Waals surface area contributed by atoms with E-state index in [-0.39, 0.29) is 0 Å². The third-order valence-electron chi connectivity index (χ3n) is 7.60. The lowest BCUT2D eigenvalue weighted by Crippen LogP contribution is -2.06. The summed E-state index contributed by atoms with van der Waals surface area (Å²) < 4.78 is 2.38. The van der Waals surface area contributed by atoms with Crippen molar-refractivity contribution < 1.29 is 0 Å². The second-order valence-corrected chi connectivity index (χ2v) is 10.4. The van der Waals surface area contributed by atoms with Crippen molar-refractivity contribution in [2.24, 2.45) is 5.92 Å². The third-order valence-corrected chi connectivity index (χ3v) is 7.85. The number of nitrogens with one attached hydrogen (secondary N) is 1. The predicted molar refractivity (Wildman–Crippen MR) is 147 cm³/mol. The van der Waals surface area contributed by atoms with Crippen LogP contribution in [0.4, 0.5) is 5.82 Å². The minimum atomic E-state index is 0.536. The van der Waals surface area contributed by atoms with E-state index in [4.69, 9.17) is 16.6 Å². The van der Waals surface area contributed by atoms with E-state index in [1.807, 2.05) is 30.3 Å². The Morgan fingerprint density at radius 2 is 1.81 bits per heavy atom. The fourth-order valence-electron chi connectivity index (χ4n) is 5.54. The van der Waals surface area contributed by atoms with Crippen molar-refractivity contribution in [3.63, 3.8) is 0 Å². The highest BCUT2D eigenvalue weighted by molar-refractivity contribution is 6.30. The molecule has 3 aromatic heterocycles. The Morgan fingerprint density at radius 1 is 0.972 bits per heavy atom. The minimum Gasteiger partial charge on any atom is -0.366 e. The maximum Gasteiger partial charge on any atom is 0.143 e. The number of nitrogens with zero attached hydrogens (tertiary/aromatic N) is 4. The molecular weight excluding hydrogens is 466 g/mol. The fourth-order valence-corrected chi connectivity index (χ4v) is 5.66. The van der Waals surface area contributed by atoms with E-state index in [0.29, 0.717) is 6.04 Å². The van der Waals surface area contributed by atoms with Crippen molar-refractivity contribution >= 4 is 39.4 Å². The monoisotopic (exact) mass is 495 g/mol. The molecular formula is C30H30ClN5. The standard InChI is InChI=1S/C30H30ClN5/c1-20-27-14-15-36(30(27)34-19-33-20)26-12-7-21(16-26)2-3-22-4-8-24-9-13-29(35-28(24)17-22)32-18-23-5-10-25(31)11-6-23/h4-6,8-11,13-15,17,19,21,26H,2-3,7,12,16,18H2,1H3,(H,32,35). The lowest BCUT2D eigenvalue weighted by atomic mass is 9.97. The lowest BCUT2D eigenvalue weighted by Gasteiger charge is -2.14. The molecule has 1 aliphatic rings. The zero-order valence-electron chi connectivity index (χ0n) is 20.5.